The molecule has 0 aliphatic rings. The van der Waals surface area contributed by atoms with E-state index in [1.807, 2.05) is 6.92 Å². The molecule has 0 amide bonds. The Hall–Kier alpha value is -1.56. The number of aryl methyl sites for hydroxylation is 2. The summed E-state index contributed by atoms with van der Waals surface area (Å²) in [5.74, 6) is 0.263. The summed E-state index contributed by atoms with van der Waals surface area (Å²) in [4.78, 5) is 14.5. The van der Waals surface area contributed by atoms with Crippen LogP contribution in [-0.4, -0.2) is 16.1 Å². The fourth-order valence-electron chi connectivity index (χ4n) is 1.41. The summed E-state index contributed by atoms with van der Waals surface area (Å²) >= 11 is 3.25. The van der Waals surface area contributed by atoms with Gasteiger partial charge in [-0.1, -0.05) is 5.16 Å². The third-order valence-electron chi connectivity index (χ3n) is 2.40. The molecule has 0 saturated heterocycles. The minimum atomic E-state index is -0.407. The second-order valence-electron chi connectivity index (χ2n) is 3.61. The molecule has 0 aliphatic heterocycles. The van der Waals surface area contributed by atoms with Gasteiger partial charge in [0.05, 0.1) is 11.3 Å². The van der Waals surface area contributed by atoms with Crippen LogP contribution in [0.1, 0.15) is 27.5 Å². The molecule has 0 bridgehead atoms. The van der Waals surface area contributed by atoms with Crippen molar-refractivity contribution in [2.45, 2.75) is 20.5 Å². The molecular weight excluding hydrogens is 288 g/mol. The van der Waals surface area contributed by atoms with Crippen molar-refractivity contribution in [3.63, 3.8) is 0 Å². The van der Waals surface area contributed by atoms with Gasteiger partial charge in [-0.15, -0.1) is 0 Å². The predicted molar refractivity (Wildman–Crippen MR) is 63.6 cm³/mol. The van der Waals surface area contributed by atoms with Crippen molar-refractivity contribution >= 4 is 21.9 Å². The number of nitrogens with zero attached hydrogens (tertiary/aromatic N) is 1. The zero-order valence-corrected chi connectivity index (χ0v) is 11.0. The van der Waals surface area contributed by atoms with E-state index in [2.05, 4.69) is 26.1 Å². The Kier molecular flexibility index (Phi) is 3.33. The number of esters is 1. The first-order valence-corrected chi connectivity index (χ1v) is 5.80. The molecule has 0 atom stereocenters. The molecule has 2 heterocycles. The molecule has 1 N–H and O–H groups in total. The average Bonchev–Trinajstić information content (AvgIpc) is 2.84. The summed E-state index contributed by atoms with van der Waals surface area (Å²) in [5, 5.41) is 3.79. The summed E-state index contributed by atoms with van der Waals surface area (Å²) in [6, 6.07) is 1.66. The van der Waals surface area contributed by atoms with Crippen molar-refractivity contribution < 1.29 is 14.1 Å². The first-order chi connectivity index (χ1) is 8.08. The van der Waals surface area contributed by atoms with Crippen LogP contribution >= 0.6 is 15.9 Å². The number of nitrogens with one attached hydrogen (secondary N) is 1. The molecule has 90 valence electrons. The second-order valence-corrected chi connectivity index (χ2v) is 4.53. The van der Waals surface area contributed by atoms with Crippen molar-refractivity contribution in [3.8, 4) is 0 Å². The van der Waals surface area contributed by atoms with Crippen molar-refractivity contribution in [2.75, 3.05) is 0 Å². The maximum Gasteiger partial charge on any atom is 0.355 e. The molecule has 0 aromatic carbocycles. The lowest BCUT2D eigenvalue weighted by Crippen LogP contribution is -2.06. The van der Waals surface area contributed by atoms with Crippen LogP contribution in [0, 0.1) is 13.8 Å². The maximum atomic E-state index is 11.7. The van der Waals surface area contributed by atoms with E-state index in [0.29, 0.717) is 11.5 Å². The van der Waals surface area contributed by atoms with E-state index < -0.39 is 5.97 Å². The molecule has 6 heteroatoms. The quantitative estimate of drug-likeness (QED) is 0.885. The molecule has 2 rings (SSSR count). The SMILES string of the molecule is Cc1noc(C)c1COC(=O)c1cc(Br)c[nH]1. The Bertz CT molecular complexity index is 525. The summed E-state index contributed by atoms with van der Waals surface area (Å²) in [7, 11) is 0. The highest BCUT2D eigenvalue weighted by Crippen LogP contribution is 2.15. The van der Waals surface area contributed by atoms with Gasteiger partial charge in [0.15, 0.2) is 0 Å². The van der Waals surface area contributed by atoms with E-state index in [9.17, 15) is 4.79 Å². The van der Waals surface area contributed by atoms with Crippen LogP contribution in [0.5, 0.6) is 0 Å². The molecule has 2 aromatic rings. The van der Waals surface area contributed by atoms with Gasteiger partial charge in [-0.05, 0) is 35.8 Å². The van der Waals surface area contributed by atoms with Gasteiger partial charge >= 0.3 is 5.97 Å². The molecule has 5 nitrogen and oxygen atoms in total. The Labute approximate surface area is 106 Å². The van der Waals surface area contributed by atoms with Crippen molar-refractivity contribution in [2.24, 2.45) is 0 Å². The normalized spacial score (nSPS) is 10.5. The lowest BCUT2D eigenvalue weighted by Gasteiger charge is -2.02. The number of halogens is 1. The molecule has 0 unspecified atom stereocenters. The Balaban J connectivity index is 2.02. The van der Waals surface area contributed by atoms with Gasteiger partial charge in [-0.25, -0.2) is 4.79 Å². The van der Waals surface area contributed by atoms with Gasteiger partial charge in [-0.3, -0.25) is 0 Å². The third kappa shape index (κ3) is 2.58. The Morgan fingerprint density at radius 1 is 1.59 bits per heavy atom. The van der Waals surface area contributed by atoms with Crippen molar-refractivity contribution in [3.05, 3.63) is 39.4 Å². The largest absolute Gasteiger partial charge is 0.456 e. The number of aromatic amines is 1. The number of rotatable bonds is 3. The molecule has 17 heavy (non-hydrogen) atoms. The summed E-state index contributed by atoms with van der Waals surface area (Å²) < 4.78 is 10.9. The zero-order chi connectivity index (χ0) is 12.4. The van der Waals surface area contributed by atoms with E-state index >= 15 is 0 Å². The zero-order valence-electron chi connectivity index (χ0n) is 9.41. The first kappa shape index (κ1) is 11.9. The van der Waals surface area contributed by atoms with Crippen molar-refractivity contribution in [1.82, 2.24) is 10.1 Å². The smallest absolute Gasteiger partial charge is 0.355 e. The van der Waals surface area contributed by atoms with Gasteiger partial charge in [0.25, 0.3) is 0 Å². The standard InChI is InChI=1S/C11H11BrN2O3/c1-6-9(7(2)17-14-6)5-16-11(15)10-3-8(12)4-13-10/h3-4,13H,5H2,1-2H3. The molecule has 0 spiro atoms. The number of hydrogen-bond donors (Lipinski definition) is 1. The maximum absolute atomic E-state index is 11.7. The third-order valence-corrected chi connectivity index (χ3v) is 2.85. The van der Waals surface area contributed by atoms with E-state index in [0.717, 1.165) is 15.7 Å². The summed E-state index contributed by atoms with van der Waals surface area (Å²) in [5.41, 5.74) is 1.95. The van der Waals surface area contributed by atoms with E-state index in [-0.39, 0.29) is 6.61 Å². The minimum absolute atomic E-state index is 0.163. The van der Waals surface area contributed by atoms with Gasteiger partial charge in [0, 0.05) is 10.7 Å². The summed E-state index contributed by atoms with van der Waals surface area (Å²) in [6.45, 7) is 3.76. The lowest BCUT2D eigenvalue weighted by molar-refractivity contribution is 0.0464. The highest BCUT2D eigenvalue weighted by Gasteiger charge is 2.14. The van der Waals surface area contributed by atoms with E-state index in [1.54, 1.807) is 19.2 Å². The van der Waals surface area contributed by atoms with Gasteiger partial charge in [0.1, 0.15) is 18.1 Å². The van der Waals surface area contributed by atoms with Crippen LogP contribution in [0.3, 0.4) is 0 Å². The number of aromatic nitrogens is 2. The first-order valence-electron chi connectivity index (χ1n) is 5.00. The highest BCUT2D eigenvalue weighted by atomic mass is 79.9. The number of hydrogen-bond acceptors (Lipinski definition) is 4. The molecule has 0 radical (unpaired) electrons. The van der Waals surface area contributed by atoms with Crippen LogP contribution in [0.25, 0.3) is 0 Å². The van der Waals surface area contributed by atoms with Gasteiger partial charge in [-0.2, -0.15) is 0 Å². The van der Waals surface area contributed by atoms with Crippen molar-refractivity contribution in [1.29, 1.82) is 0 Å². The topological polar surface area (TPSA) is 68.1 Å². The monoisotopic (exact) mass is 298 g/mol. The molecule has 0 aliphatic carbocycles. The van der Waals surface area contributed by atoms with Crippen LogP contribution in [0.2, 0.25) is 0 Å². The second kappa shape index (κ2) is 4.75. The number of carbonyl (C=O) groups is 1. The lowest BCUT2D eigenvalue weighted by atomic mass is 10.2. The molecule has 2 aromatic heterocycles. The van der Waals surface area contributed by atoms with Gasteiger partial charge in [0.2, 0.25) is 0 Å². The number of H-pyrrole nitrogens is 1. The number of ether oxygens (including phenoxy) is 1. The van der Waals surface area contributed by atoms with Gasteiger partial charge < -0.3 is 14.2 Å². The van der Waals surface area contributed by atoms with Crippen LogP contribution < -0.4 is 0 Å². The average molecular weight is 299 g/mol. The van der Waals surface area contributed by atoms with E-state index in [4.69, 9.17) is 9.26 Å². The number of carbonyl (C=O) groups excluding carboxylic acids is 1. The van der Waals surface area contributed by atoms with Crippen LogP contribution in [0.15, 0.2) is 21.3 Å². The molecular formula is C11H11BrN2O3. The van der Waals surface area contributed by atoms with Crippen LogP contribution in [-0.2, 0) is 11.3 Å². The predicted octanol–water partition coefficient (Wildman–Crippen LogP) is 2.74. The fourth-order valence-corrected chi connectivity index (χ4v) is 1.75. The Morgan fingerprint density at radius 3 is 2.88 bits per heavy atom. The van der Waals surface area contributed by atoms with E-state index in [1.165, 1.54) is 0 Å². The Morgan fingerprint density at radius 2 is 2.35 bits per heavy atom. The summed E-state index contributed by atoms with van der Waals surface area (Å²) in [6.07, 6.45) is 1.67. The molecule has 0 fully saturated rings. The minimum Gasteiger partial charge on any atom is -0.456 e. The van der Waals surface area contributed by atoms with Crippen LogP contribution in [0.4, 0.5) is 0 Å². The molecule has 0 saturated carbocycles. The fraction of sp³-hybridized carbons (Fsp3) is 0.273. The highest BCUT2D eigenvalue weighted by molar-refractivity contribution is 9.10.